The predicted molar refractivity (Wildman–Crippen MR) is 251 cm³/mol. The van der Waals surface area contributed by atoms with E-state index < -0.39 is 6.10 Å². The van der Waals surface area contributed by atoms with Crippen LogP contribution in [0.25, 0.3) is 0 Å². The molecule has 0 aromatic heterocycles. The first-order valence-electron chi connectivity index (χ1n) is 23.4. The lowest BCUT2D eigenvalue weighted by Gasteiger charge is -2.18. The van der Waals surface area contributed by atoms with Gasteiger partial charge in [-0.25, -0.2) is 0 Å². The topological polar surface area (TPSA) is 78.9 Å². The molecule has 0 aliphatic rings. The van der Waals surface area contributed by atoms with Gasteiger partial charge < -0.3 is 14.2 Å². The monoisotopic (exact) mass is 817 g/mol. The number of allylic oxidation sites excluding steroid dienone is 18. The van der Waals surface area contributed by atoms with Crippen molar-refractivity contribution < 1.29 is 28.6 Å². The summed E-state index contributed by atoms with van der Waals surface area (Å²) < 4.78 is 16.6. The highest BCUT2D eigenvalue weighted by molar-refractivity contribution is 5.71. The van der Waals surface area contributed by atoms with Crippen molar-refractivity contribution in [2.75, 3.05) is 13.2 Å². The Kier molecular flexibility index (Phi) is 43.6. The SMILES string of the molecule is CC\C=C/C=C\C=C/C=C\CCCCCC(=O)OC(COC(=O)CCCCC/C=C\C/C=C\C/C=C\C/C=C\C/C=C\CC)COC(=O)CCCCCCCCCCC. The maximum absolute atomic E-state index is 12.7. The Morgan fingerprint density at radius 2 is 0.746 bits per heavy atom. The summed E-state index contributed by atoms with van der Waals surface area (Å²) >= 11 is 0. The van der Waals surface area contributed by atoms with Crippen LogP contribution in [0.4, 0.5) is 0 Å². The van der Waals surface area contributed by atoms with E-state index in [1.165, 1.54) is 38.5 Å². The zero-order valence-electron chi connectivity index (χ0n) is 37.7. The fourth-order valence-corrected chi connectivity index (χ4v) is 5.89. The van der Waals surface area contributed by atoms with Crippen molar-refractivity contribution in [2.24, 2.45) is 0 Å². The quantitative estimate of drug-likeness (QED) is 0.0201. The fourth-order valence-electron chi connectivity index (χ4n) is 5.89. The molecule has 0 fully saturated rings. The van der Waals surface area contributed by atoms with Crippen molar-refractivity contribution in [1.29, 1.82) is 0 Å². The van der Waals surface area contributed by atoms with Crippen LogP contribution in [0, 0.1) is 0 Å². The normalized spacial score (nSPS) is 13.1. The molecule has 0 aromatic rings. The van der Waals surface area contributed by atoms with Crippen LogP contribution in [0.5, 0.6) is 0 Å². The number of carbonyl (C=O) groups excluding carboxylic acids is 3. The Hall–Kier alpha value is -3.93. The molecule has 0 radical (unpaired) electrons. The number of hydrogen-bond donors (Lipinski definition) is 0. The molecule has 0 saturated heterocycles. The zero-order chi connectivity index (χ0) is 43.0. The number of ether oxygens (including phenoxy) is 3. The molecule has 0 spiro atoms. The lowest BCUT2D eigenvalue weighted by Crippen LogP contribution is -2.30. The van der Waals surface area contributed by atoms with Gasteiger partial charge in [0.2, 0.25) is 0 Å². The molecule has 1 atom stereocenters. The average molecular weight is 817 g/mol. The van der Waals surface area contributed by atoms with Gasteiger partial charge in [-0.1, -0.05) is 194 Å². The van der Waals surface area contributed by atoms with Crippen molar-refractivity contribution in [3.8, 4) is 0 Å². The van der Waals surface area contributed by atoms with Crippen molar-refractivity contribution in [3.05, 3.63) is 109 Å². The summed E-state index contributed by atoms with van der Waals surface area (Å²) in [5, 5.41) is 0. The lowest BCUT2D eigenvalue weighted by molar-refractivity contribution is -0.167. The summed E-state index contributed by atoms with van der Waals surface area (Å²) in [6.45, 7) is 6.27. The molecule has 0 aromatic carbocycles. The molecule has 0 N–H and O–H groups in total. The number of hydrogen-bond acceptors (Lipinski definition) is 6. The maximum atomic E-state index is 12.7. The Bertz CT molecular complexity index is 1260. The third-order valence-corrected chi connectivity index (χ3v) is 9.37. The zero-order valence-corrected chi connectivity index (χ0v) is 37.7. The van der Waals surface area contributed by atoms with E-state index in [9.17, 15) is 14.4 Å². The molecule has 0 aliphatic heterocycles. The molecular formula is C53H84O6. The minimum atomic E-state index is -0.810. The summed E-state index contributed by atoms with van der Waals surface area (Å²) in [5.74, 6) is -0.993. The Balaban J connectivity index is 4.48. The van der Waals surface area contributed by atoms with E-state index in [1.807, 2.05) is 36.5 Å². The summed E-state index contributed by atoms with van der Waals surface area (Å²) in [6, 6.07) is 0. The minimum absolute atomic E-state index is 0.106. The van der Waals surface area contributed by atoms with Crippen LogP contribution in [0.15, 0.2) is 109 Å². The van der Waals surface area contributed by atoms with Gasteiger partial charge in [-0.05, 0) is 83.5 Å². The van der Waals surface area contributed by atoms with Crippen LogP contribution in [0.2, 0.25) is 0 Å². The summed E-state index contributed by atoms with van der Waals surface area (Å²) in [4.78, 5) is 37.7. The predicted octanol–water partition coefficient (Wildman–Crippen LogP) is 15.2. The molecule has 0 aliphatic carbocycles. The van der Waals surface area contributed by atoms with Crippen molar-refractivity contribution >= 4 is 17.9 Å². The van der Waals surface area contributed by atoms with E-state index in [0.717, 1.165) is 103 Å². The molecular weight excluding hydrogens is 733 g/mol. The molecule has 6 heteroatoms. The third kappa shape index (κ3) is 45.0. The number of rotatable bonds is 40. The summed E-state index contributed by atoms with van der Waals surface area (Å²) in [6.07, 6.45) is 62.2. The maximum Gasteiger partial charge on any atom is 0.306 e. The van der Waals surface area contributed by atoms with Crippen LogP contribution in [-0.4, -0.2) is 37.2 Å². The highest BCUT2D eigenvalue weighted by atomic mass is 16.6. The molecule has 0 saturated carbocycles. The smallest absolute Gasteiger partial charge is 0.306 e. The largest absolute Gasteiger partial charge is 0.462 e. The first-order valence-corrected chi connectivity index (χ1v) is 23.4. The molecule has 59 heavy (non-hydrogen) atoms. The van der Waals surface area contributed by atoms with Gasteiger partial charge in [0.25, 0.3) is 0 Å². The molecule has 0 amide bonds. The fraction of sp³-hybridized carbons (Fsp3) is 0.604. The van der Waals surface area contributed by atoms with E-state index in [1.54, 1.807) is 0 Å². The van der Waals surface area contributed by atoms with Gasteiger partial charge in [-0.3, -0.25) is 14.4 Å². The summed E-state index contributed by atoms with van der Waals surface area (Å²) in [7, 11) is 0. The molecule has 332 valence electrons. The third-order valence-electron chi connectivity index (χ3n) is 9.37. The van der Waals surface area contributed by atoms with Crippen LogP contribution in [0.3, 0.4) is 0 Å². The molecule has 0 rings (SSSR count). The van der Waals surface area contributed by atoms with E-state index in [-0.39, 0.29) is 37.5 Å². The van der Waals surface area contributed by atoms with Crippen LogP contribution in [0.1, 0.15) is 188 Å². The highest BCUT2D eigenvalue weighted by Crippen LogP contribution is 2.12. The van der Waals surface area contributed by atoms with Gasteiger partial charge in [-0.15, -0.1) is 0 Å². The second-order valence-corrected chi connectivity index (χ2v) is 15.0. The average Bonchev–Trinajstić information content (AvgIpc) is 3.23. The van der Waals surface area contributed by atoms with E-state index >= 15 is 0 Å². The molecule has 1 unspecified atom stereocenters. The van der Waals surface area contributed by atoms with Crippen molar-refractivity contribution in [1.82, 2.24) is 0 Å². The Morgan fingerprint density at radius 3 is 1.24 bits per heavy atom. The second kappa shape index (κ2) is 46.8. The highest BCUT2D eigenvalue weighted by Gasteiger charge is 2.19. The van der Waals surface area contributed by atoms with Crippen molar-refractivity contribution in [3.63, 3.8) is 0 Å². The van der Waals surface area contributed by atoms with Crippen molar-refractivity contribution in [2.45, 2.75) is 194 Å². The van der Waals surface area contributed by atoms with E-state index in [2.05, 4.69) is 93.7 Å². The van der Waals surface area contributed by atoms with Gasteiger partial charge in [-0.2, -0.15) is 0 Å². The number of esters is 3. The van der Waals surface area contributed by atoms with Crippen LogP contribution >= 0.6 is 0 Å². The molecule has 0 bridgehead atoms. The first kappa shape index (κ1) is 55.1. The lowest BCUT2D eigenvalue weighted by atomic mass is 10.1. The van der Waals surface area contributed by atoms with E-state index in [0.29, 0.717) is 19.3 Å². The second-order valence-electron chi connectivity index (χ2n) is 15.0. The standard InChI is InChI=1S/C53H84O6/c1-4-7-10-13-16-19-21-23-24-25-26-27-28-30-31-34-37-40-43-46-52(55)58-49-50(48-57-51(54)45-42-39-36-33-18-15-12-9-6-3)59-53(56)47-44-41-38-35-32-29-22-20-17-14-11-8-5-2/h7-8,10-11,14,16-17,19-20,22-24,26-27,29-32,50H,4-6,9,12-13,15,18,21,25,28,33-49H2,1-3H3/b10-7-,11-8-,17-14-,19-16-,22-20-,24-23-,27-26-,31-30-,32-29-. The molecule has 6 nitrogen and oxygen atoms in total. The molecule has 0 heterocycles. The van der Waals surface area contributed by atoms with Gasteiger partial charge >= 0.3 is 17.9 Å². The van der Waals surface area contributed by atoms with Gasteiger partial charge in [0.1, 0.15) is 13.2 Å². The number of carbonyl (C=O) groups is 3. The van der Waals surface area contributed by atoms with Crippen LogP contribution < -0.4 is 0 Å². The first-order chi connectivity index (χ1) is 29.0. The van der Waals surface area contributed by atoms with Gasteiger partial charge in [0.05, 0.1) is 0 Å². The van der Waals surface area contributed by atoms with Gasteiger partial charge in [0.15, 0.2) is 6.10 Å². The minimum Gasteiger partial charge on any atom is -0.462 e. The summed E-state index contributed by atoms with van der Waals surface area (Å²) in [5.41, 5.74) is 0. The Morgan fingerprint density at radius 1 is 0.373 bits per heavy atom. The number of unbranched alkanes of at least 4 members (excludes halogenated alkanes) is 14. The Labute approximate surface area is 361 Å². The van der Waals surface area contributed by atoms with Gasteiger partial charge in [0, 0.05) is 19.3 Å². The van der Waals surface area contributed by atoms with Crippen LogP contribution in [-0.2, 0) is 28.6 Å². The van der Waals surface area contributed by atoms with E-state index in [4.69, 9.17) is 14.2 Å².